The van der Waals surface area contributed by atoms with Crippen molar-refractivity contribution in [3.8, 4) is 0 Å². The topological polar surface area (TPSA) is 40.5 Å². The third-order valence-corrected chi connectivity index (χ3v) is 3.60. The first-order chi connectivity index (χ1) is 8.69. The molecule has 0 aromatic carbocycles. The maximum Gasteiger partial charge on any atom is 0.0459 e. The van der Waals surface area contributed by atoms with Gasteiger partial charge in [0.05, 0.1) is 0 Å². The minimum Gasteiger partial charge on any atom is -0.396 e. The minimum absolute atomic E-state index is 0. The maximum absolute atomic E-state index is 8.75. The van der Waals surface area contributed by atoms with E-state index < -0.39 is 0 Å². The summed E-state index contributed by atoms with van der Waals surface area (Å²) in [5.41, 5.74) is 0. The molecule has 0 aromatic rings. The molecule has 0 amide bonds. The standard InChI is InChI=1S/2C8H18O.Ni/c2*1-3-5-6-8(4-2)7-9;/h2*8-9H,3-7H2,1-2H3;. The van der Waals surface area contributed by atoms with Gasteiger partial charge in [-0.3, -0.25) is 0 Å². The Morgan fingerprint density at radius 3 is 1.16 bits per heavy atom. The zero-order valence-electron chi connectivity index (χ0n) is 13.4. The van der Waals surface area contributed by atoms with Crippen LogP contribution in [0.4, 0.5) is 0 Å². The normalized spacial score (nSPS) is 12.9. The number of unbranched alkanes of at least 4 members (excludes halogenated alkanes) is 2. The zero-order valence-corrected chi connectivity index (χ0v) is 14.4. The van der Waals surface area contributed by atoms with Gasteiger partial charge in [0.2, 0.25) is 0 Å². The van der Waals surface area contributed by atoms with Gasteiger partial charge in [0.25, 0.3) is 0 Å². The number of rotatable bonds is 10. The second-order valence-corrected chi connectivity index (χ2v) is 5.20. The molecule has 2 unspecified atom stereocenters. The molecular formula is C16H36NiO2. The van der Waals surface area contributed by atoms with E-state index in [1.54, 1.807) is 0 Å². The van der Waals surface area contributed by atoms with E-state index in [2.05, 4.69) is 27.7 Å². The van der Waals surface area contributed by atoms with Crippen molar-refractivity contribution in [1.29, 1.82) is 0 Å². The van der Waals surface area contributed by atoms with Crippen LogP contribution < -0.4 is 0 Å². The van der Waals surface area contributed by atoms with E-state index in [1.807, 2.05) is 0 Å². The van der Waals surface area contributed by atoms with Gasteiger partial charge in [0.15, 0.2) is 0 Å². The fourth-order valence-corrected chi connectivity index (χ4v) is 1.83. The van der Waals surface area contributed by atoms with E-state index in [4.69, 9.17) is 10.2 Å². The van der Waals surface area contributed by atoms with Crippen LogP contribution in [0, 0.1) is 11.8 Å². The Bertz CT molecular complexity index is 119. The molecule has 0 fully saturated rings. The third kappa shape index (κ3) is 18.4. The Morgan fingerprint density at radius 1 is 0.684 bits per heavy atom. The van der Waals surface area contributed by atoms with Gasteiger partial charge in [0, 0.05) is 29.7 Å². The molecule has 0 spiro atoms. The Labute approximate surface area is 131 Å². The molecule has 0 saturated heterocycles. The summed E-state index contributed by atoms with van der Waals surface area (Å²) < 4.78 is 0. The second kappa shape index (κ2) is 20.7. The molecule has 0 aliphatic heterocycles. The predicted octanol–water partition coefficient (Wildman–Crippen LogP) is 4.39. The molecule has 0 aliphatic rings. The first-order valence-corrected chi connectivity index (χ1v) is 7.91. The summed E-state index contributed by atoms with van der Waals surface area (Å²) in [6.07, 6.45) is 9.66. The Hall–Kier alpha value is 0.414. The summed E-state index contributed by atoms with van der Waals surface area (Å²) in [6, 6.07) is 0. The van der Waals surface area contributed by atoms with Crippen molar-refractivity contribution >= 4 is 0 Å². The van der Waals surface area contributed by atoms with Crippen molar-refractivity contribution in [1.82, 2.24) is 0 Å². The summed E-state index contributed by atoms with van der Waals surface area (Å²) in [5, 5.41) is 17.5. The number of aliphatic hydroxyl groups is 2. The molecule has 0 saturated carbocycles. The van der Waals surface area contributed by atoms with Crippen LogP contribution in [-0.2, 0) is 16.5 Å². The molecule has 2 nitrogen and oxygen atoms in total. The Kier molecular flexibility index (Phi) is 26.7. The van der Waals surface area contributed by atoms with Gasteiger partial charge in [-0.25, -0.2) is 0 Å². The van der Waals surface area contributed by atoms with Crippen LogP contribution in [0.1, 0.15) is 79.1 Å². The summed E-state index contributed by atoms with van der Waals surface area (Å²) >= 11 is 0. The molecule has 0 aliphatic carbocycles. The van der Waals surface area contributed by atoms with E-state index in [0.717, 1.165) is 12.8 Å². The van der Waals surface area contributed by atoms with Gasteiger partial charge in [-0.05, 0) is 24.7 Å². The molecule has 19 heavy (non-hydrogen) atoms. The predicted molar refractivity (Wildman–Crippen MR) is 80.8 cm³/mol. The van der Waals surface area contributed by atoms with Crippen LogP contribution in [0.3, 0.4) is 0 Å². The van der Waals surface area contributed by atoms with Crippen molar-refractivity contribution in [2.75, 3.05) is 13.2 Å². The Balaban J connectivity index is -0.000000256. The van der Waals surface area contributed by atoms with Crippen molar-refractivity contribution in [3.63, 3.8) is 0 Å². The summed E-state index contributed by atoms with van der Waals surface area (Å²) in [4.78, 5) is 0. The van der Waals surface area contributed by atoms with Crippen LogP contribution in [0.5, 0.6) is 0 Å². The van der Waals surface area contributed by atoms with E-state index in [1.165, 1.54) is 38.5 Å². The maximum atomic E-state index is 8.75. The van der Waals surface area contributed by atoms with E-state index in [-0.39, 0.29) is 16.5 Å². The largest absolute Gasteiger partial charge is 0.396 e. The summed E-state index contributed by atoms with van der Waals surface area (Å²) in [5.74, 6) is 1.12. The number of hydrogen-bond donors (Lipinski definition) is 2. The van der Waals surface area contributed by atoms with Gasteiger partial charge < -0.3 is 10.2 Å². The van der Waals surface area contributed by atoms with E-state index >= 15 is 0 Å². The van der Waals surface area contributed by atoms with Crippen LogP contribution in [0.25, 0.3) is 0 Å². The smallest absolute Gasteiger partial charge is 0.0459 e. The molecule has 0 rings (SSSR count). The quantitative estimate of drug-likeness (QED) is 0.586. The second-order valence-electron chi connectivity index (χ2n) is 5.20. The Morgan fingerprint density at radius 2 is 1.00 bits per heavy atom. The number of aliphatic hydroxyl groups excluding tert-OH is 2. The average Bonchev–Trinajstić information content (AvgIpc) is 2.42. The van der Waals surface area contributed by atoms with Crippen LogP contribution in [-0.4, -0.2) is 23.4 Å². The minimum atomic E-state index is 0. The van der Waals surface area contributed by atoms with Gasteiger partial charge in [-0.15, -0.1) is 0 Å². The molecule has 0 bridgehead atoms. The van der Waals surface area contributed by atoms with Gasteiger partial charge in [-0.2, -0.15) is 0 Å². The van der Waals surface area contributed by atoms with Crippen molar-refractivity contribution in [2.24, 2.45) is 11.8 Å². The molecular weight excluding hydrogens is 283 g/mol. The SMILES string of the molecule is CCCCC(CC)CO.CCCCC(CC)CO.[Ni]. The van der Waals surface area contributed by atoms with Gasteiger partial charge >= 0.3 is 0 Å². The third-order valence-electron chi connectivity index (χ3n) is 3.60. The van der Waals surface area contributed by atoms with Crippen LogP contribution >= 0.6 is 0 Å². The summed E-state index contributed by atoms with van der Waals surface area (Å²) in [6.45, 7) is 9.38. The fourth-order valence-electron chi connectivity index (χ4n) is 1.83. The van der Waals surface area contributed by atoms with Gasteiger partial charge in [0.1, 0.15) is 0 Å². The first kappa shape index (κ1) is 24.4. The fraction of sp³-hybridized carbons (Fsp3) is 1.00. The molecule has 0 radical (unpaired) electrons. The molecule has 3 heteroatoms. The van der Waals surface area contributed by atoms with Crippen molar-refractivity contribution in [3.05, 3.63) is 0 Å². The molecule has 0 heterocycles. The molecule has 0 aromatic heterocycles. The molecule has 2 atom stereocenters. The zero-order chi connectivity index (χ0) is 14.2. The monoisotopic (exact) mass is 318 g/mol. The van der Waals surface area contributed by atoms with Crippen LogP contribution in [0.2, 0.25) is 0 Å². The number of hydrogen-bond acceptors (Lipinski definition) is 2. The van der Waals surface area contributed by atoms with E-state index in [0.29, 0.717) is 25.0 Å². The average molecular weight is 319 g/mol. The van der Waals surface area contributed by atoms with E-state index in [9.17, 15) is 0 Å². The summed E-state index contributed by atoms with van der Waals surface area (Å²) in [7, 11) is 0. The van der Waals surface area contributed by atoms with Crippen LogP contribution in [0.15, 0.2) is 0 Å². The van der Waals surface area contributed by atoms with Gasteiger partial charge in [-0.1, -0.05) is 66.2 Å². The van der Waals surface area contributed by atoms with Crippen molar-refractivity contribution < 1.29 is 26.7 Å². The van der Waals surface area contributed by atoms with Crippen molar-refractivity contribution in [2.45, 2.75) is 79.1 Å². The molecule has 2 N–H and O–H groups in total. The molecule has 122 valence electrons. The first-order valence-electron chi connectivity index (χ1n) is 7.91.